The summed E-state index contributed by atoms with van der Waals surface area (Å²) in [5.74, 6) is 0.859. The molecule has 0 bridgehead atoms. The molecule has 3 aromatic carbocycles. The van der Waals surface area contributed by atoms with Crippen molar-refractivity contribution in [3.63, 3.8) is 0 Å². The molecule has 1 atom stereocenters. The van der Waals surface area contributed by atoms with Crippen LogP contribution in [0.2, 0.25) is 0 Å². The number of rotatable bonds is 5. The lowest BCUT2D eigenvalue weighted by Crippen LogP contribution is -2.46. The van der Waals surface area contributed by atoms with Crippen molar-refractivity contribution in [2.75, 3.05) is 12.0 Å². The van der Waals surface area contributed by atoms with Crippen LogP contribution in [0.1, 0.15) is 30.0 Å². The van der Waals surface area contributed by atoms with Crippen LogP contribution in [0.25, 0.3) is 17.0 Å². The Morgan fingerprint density at radius 2 is 1.80 bits per heavy atom. The summed E-state index contributed by atoms with van der Waals surface area (Å²) in [7, 11) is 1.59. The molecule has 8 heteroatoms. The van der Waals surface area contributed by atoms with Gasteiger partial charge in [-0.25, -0.2) is 9.18 Å². The molecule has 1 N–H and O–H groups in total. The quantitative estimate of drug-likeness (QED) is 0.393. The molecule has 1 aliphatic heterocycles. The lowest BCUT2D eigenvalue weighted by molar-refractivity contribution is 0.244. The van der Waals surface area contributed by atoms with Gasteiger partial charge in [0, 0.05) is 11.3 Å². The molecular formula is C27H23FN4O3. The van der Waals surface area contributed by atoms with Crippen molar-refractivity contribution in [3.05, 3.63) is 101 Å². The minimum absolute atomic E-state index is 0.228. The molecule has 35 heavy (non-hydrogen) atoms. The van der Waals surface area contributed by atoms with E-state index in [0.717, 1.165) is 11.1 Å². The van der Waals surface area contributed by atoms with Crippen LogP contribution in [0.5, 0.6) is 5.75 Å². The summed E-state index contributed by atoms with van der Waals surface area (Å²) >= 11 is 0. The lowest BCUT2D eigenvalue weighted by Gasteiger charge is -2.35. The fraction of sp³-hybridized carbons (Fsp3) is 0.148. The molecule has 0 saturated heterocycles. The molecule has 1 aromatic heterocycles. The molecule has 1 aliphatic rings. The van der Waals surface area contributed by atoms with E-state index in [1.54, 1.807) is 30.2 Å². The Hall–Kier alpha value is -4.46. The number of ether oxygens (including phenoxy) is 1. The summed E-state index contributed by atoms with van der Waals surface area (Å²) in [6.45, 7) is 3.79. The van der Waals surface area contributed by atoms with E-state index in [4.69, 9.17) is 9.26 Å². The van der Waals surface area contributed by atoms with Crippen molar-refractivity contribution in [1.29, 1.82) is 0 Å². The van der Waals surface area contributed by atoms with E-state index < -0.39 is 11.9 Å². The van der Waals surface area contributed by atoms with E-state index in [1.807, 2.05) is 56.3 Å². The second kappa shape index (κ2) is 9.06. The fourth-order valence-corrected chi connectivity index (χ4v) is 4.17. The number of nitrogens with one attached hydrogen (secondary N) is 1. The van der Waals surface area contributed by atoms with Gasteiger partial charge in [-0.3, -0.25) is 4.90 Å². The van der Waals surface area contributed by atoms with E-state index in [9.17, 15) is 9.18 Å². The van der Waals surface area contributed by atoms with Gasteiger partial charge in [0.15, 0.2) is 0 Å². The number of anilines is 1. The molecule has 2 heterocycles. The number of carbonyl (C=O) groups excluding carboxylic acids is 1. The van der Waals surface area contributed by atoms with Crippen molar-refractivity contribution in [3.8, 4) is 17.1 Å². The van der Waals surface area contributed by atoms with Gasteiger partial charge in [-0.2, -0.15) is 4.98 Å². The summed E-state index contributed by atoms with van der Waals surface area (Å²) in [5.41, 5.74) is 4.23. The zero-order valence-electron chi connectivity index (χ0n) is 19.4. The minimum Gasteiger partial charge on any atom is -0.497 e. The number of allylic oxidation sites excluding steroid dienone is 1. The number of amides is 2. The Kier molecular flexibility index (Phi) is 5.78. The predicted molar refractivity (Wildman–Crippen MR) is 130 cm³/mol. The Bertz CT molecular complexity index is 1430. The predicted octanol–water partition coefficient (Wildman–Crippen LogP) is 5.89. The van der Waals surface area contributed by atoms with Crippen LogP contribution in [-0.2, 0) is 0 Å². The molecule has 1 unspecified atom stereocenters. The maximum absolute atomic E-state index is 14.1. The Balaban J connectivity index is 1.65. The number of hydrogen-bond donors (Lipinski definition) is 1. The van der Waals surface area contributed by atoms with Crippen LogP contribution >= 0.6 is 0 Å². The van der Waals surface area contributed by atoms with Crippen LogP contribution in [0.15, 0.2) is 83.0 Å². The highest BCUT2D eigenvalue weighted by Gasteiger charge is 2.36. The third-order valence-corrected chi connectivity index (χ3v) is 5.94. The number of hydrogen-bond acceptors (Lipinski definition) is 5. The molecule has 4 aromatic rings. The Morgan fingerprint density at radius 1 is 1.03 bits per heavy atom. The van der Waals surface area contributed by atoms with Gasteiger partial charge in [0.05, 0.1) is 24.4 Å². The zero-order chi connectivity index (χ0) is 24.5. The number of aromatic nitrogens is 2. The molecule has 5 rings (SSSR count). The molecular weight excluding hydrogens is 447 g/mol. The van der Waals surface area contributed by atoms with Crippen molar-refractivity contribution < 1.29 is 18.4 Å². The summed E-state index contributed by atoms with van der Waals surface area (Å²) < 4.78 is 25.1. The van der Waals surface area contributed by atoms with Crippen molar-refractivity contribution in [2.45, 2.75) is 19.9 Å². The SMILES string of the molecule is COc1cccc(-c2noc(C3=C(C)N(c4ccc(C)cc4)C(=O)NC3c3cccc(F)c3)n2)c1. The Morgan fingerprint density at radius 3 is 2.54 bits per heavy atom. The summed E-state index contributed by atoms with van der Waals surface area (Å²) in [4.78, 5) is 19.4. The molecule has 0 spiro atoms. The van der Waals surface area contributed by atoms with Gasteiger partial charge in [0.1, 0.15) is 11.6 Å². The maximum atomic E-state index is 14.1. The second-order valence-corrected chi connectivity index (χ2v) is 8.26. The summed E-state index contributed by atoms with van der Waals surface area (Å²) in [6, 6.07) is 20.0. The first-order valence-electron chi connectivity index (χ1n) is 11.1. The fourth-order valence-electron chi connectivity index (χ4n) is 4.17. The van der Waals surface area contributed by atoms with Gasteiger partial charge in [-0.15, -0.1) is 0 Å². The van der Waals surface area contributed by atoms with E-state index in [0.29, 0.717) is 34.1 Å². The van der Waals surface area contributed by atoms with Crippen LogP contribution in [0.3, 0.4) is 0 Å². The van der Waals surface area contributed by atoms with Crippen LogP contribution in [0, 0.1) is 12.7 Å². The normalized spacial score (nSPS) is 15.8. The molecule has 176 valence electrons. The third-order valence-electron chi connectivity index (χ3n) is 5.94. The van der Waals surface area contributed by atoms with Crippen LogP contribution in [0.4, 0.5) is 14.9 Å². The number of benzene rings is 3. The molecule has 0 radical (unpaired) electrons. The van der Waals surface area contributed by atoms with Crippen LogP contribution in [-0.4, -0.2) is 23.3 Å². The zero-order valence-corrected chi connectivity index (χ0v) is 19.4. The van der Waals surface area contributed by atoms with Gasteiger partial charge in [-0.1, -0.05) is 47.1 Å². The van der Waals surface area contributed by atoms with E-state index in [1.165, 1.54) is 12.1 Å². The summed E-state index contributed by atoms with van der Waals surface area (Å²) in [6.07, 6.45) is 0. The minimum atomic E-state index is -0.682. The van der Waals surface area contributed by atoms with Crippen molar-refractivity contribution >= 4 is 17.3 Å². The Labute approximate surface area is 201 Å². The van der Waals surface area contributed by atoms with Crippen LogP contribution < -0.4 is 15.0 Å². The van der Waals surface area contributed by atoms with Crippen molar-refractivity contribution in [2.24, 2.45) is 0 Å². The number of aryl methyl sites for hydroxylation is 1. The molecule has 2 amide bonds. The van der Waals surface area contributed by atoms with E-state index in [2.05, 4.69) is 15.5 Å². The van der Waals surface area contributed by atoms with E-state index in [-0.39, 0.29) is 11.9 Å². The first-order chi connectivity index (χ1) is 16.9. The maximum Gasteiger partial charge on any atom is 0.326 e. The van der Waals surface area contributed by atoms with Gasteiger partial charge in [0.25, 0.3) is 5.89 Å². The molecule has 7 nitrogen and oxygen atoms in total. The van der Waals surface area contributed by atoms with Gasteiger partial charge in [-0.05, 0) is 55.8 Å². The third kappa shape index (κ3) is 4.26. The number of methoxy groups -OCH3 is 1. The average molecular weight is 471 g/mol. The first-order valence-corrected chi connectivity index (χ1v) is 11.1. The largest absolute Gasteiger partial charge is 0.497 e. The number of carbonyl (C=O) groups is 1. The first kappa shape index (κ1) is 22.3. The topological polar surface area (TPSA) is 80.5 Å². The van der Waals surface area contributed by atoms with Gasteiger partial charge in [0.2, 0.25) is 5.82 Å². The monoisotopic (exact) mass is 470 g/mol. The average Bonchev–Trinajstić information content (AvgIpc) is 3.35. The molecule has 0 aliphatic carbocycles. The highest BCUT2D eigenvalue weighted by atomic mass is 19.1. The number of urea groups is 1. The lowest BCUT2D eigenvalue weighted by atomic mass is 9.94. The smallest absolute Gasteiger partial charge is 0.326 e. The number of halogens is 1. The molecule has 0 fully saturated rings. The standard InChI is InChI=1S/C27H23FN4O3/c1-16-10-12-21(13-11-16)32-17(2)23(24(29-27(32)33)18-6-4-8-20(28)14-18)26-30-25(31-35-26)19-7-5-9-22(15-19)34-3/h4-15,24H,1-3H3,(H,29,33). The number of nitrogens with zero attached hydrogens (tertiary/aromatic N) is 3. The van der Waals surface area contributed by atoms with Gasteiger partial charge >= 0.3 is 6.03 Å². The highest BCUT2D eigenvalue weighted by Crippen LogP contribution is 2.39. The van der Waals surface area contributed by atoms with Gasteiger partial charge < -0.3 is 14.6 Å². The molecule has 0 saturated carbocycles. The van der Waals surface area contributed by atoms with Crippen molar-refractivity contribution in [1.82, 2.24) is 15.5 Å². The highest BCUT2D eigenvalue weighted by molar-refractivity contribution is 6.01. The van der Waals surface area contributed by atoms with E-state index >= 15 is 0 Å². The summed E-state index contributed by atoms with van der Waals surface area (Å²) in [5, 5.41) is 7.15. The second-order valence-electron chi connectivity index (χ2n) is 8.26.